The smallest absolute Gasteiger partial charge is 0.168 e. The second-order valence-corrected chi connectivity index (χ2v) is 6.39. The van der Waals surface area contributed by atoms with E-state index in [2.05, 4.69) is 40.1 Å². The molecule has 1 aromatic rings. The zero-order chi connectivity index (χ0) is 15.4. The van der Waals surface area contributed by atoms with Gasteiger partial charge in [0.05, 0.1) is 18.9 Å². The third-order valence-corrected chi connectivity index (χ3v) is 4.87. The first-order chi connectivity index (χ1) is 10.8. The van der Waals surface area contributed by atoms with Gasteiger partial charge in [-0.05, 0) is 38.3 Å². The van der Waals surface area contributed by atoms with Gasteiger partial charge in [0, 0.05) is 25.6 Å². The number of nitrogens with zero attached hydrogens (tertiary/aromatic N) is 4. The molecule has 0 aromatic carbocycles. The molecule has 0 spiro atoms. The summed E-state index contributed by atoms with van der Waals surface area (Å²) < 4.78 is 5.45. The Bertz CT molecular complexity index is 482. The van der Waals surface area contributed by atoms with Crippen molar-refractivity contribution < 1.29 is 4.74 Å². The van der Waals surface area contributed by atoms with Crippen molar-refractivity contribution >= 4 is 5.82 Å². The molecule has 5 nitrogen and oxygen atoms in total. The number of morpholine rings is 1. The van der Waals surface area contributed by atoms with Gasteiger partial charge < -0.3 is 4.74 Å². The molecule has 0 atom stereocenters. The zero-order valence-corrected chi connectivity index (χ0v) is 13.9. The van der Waals surface area contributed by atoms with Crippen LogP contribution in [0.4, 0.5) is 5.82 Å². The largest absolute Gasteiger partial charge is 0.379 e. The highest BCUT2D eigenvalue weighted by Crippen LogP contribution is 2.32. The Kier molecular flexibility index (Phi) is 5.26. The molecule has 1 aliphatic carbocycles. The molecule has 2 heterocycles. The van der Waals surface area contributed by atoms with E-state index in [1.165, 1.54) is 43.4 Å². The molecule has 1 aromatic heterocycles. The van der Waals surface area contributed by atoms with E-state index in [1.54, 1.807) is 0 Å². The van der Waals surface area contributed by atoms with Crippen LogP contribution in [0.2, 0.25) is 0 Å². The molecule has 0 radical (unpaired) electrons. The lowest BCUT2D eigenvalue weighted by Crippen LogP contribution is -2.49. The Morgan fingerprint density at radius 2 is 1.91 bits per heavy atom. The first-order valence-electron chi connectivity index (χ1n) is 8.74. The SMILES string of the molecule is CCN(c1nnc(C2CCCCC2)cc1C)N1CCOCC1. The highest BCUT2D eigenvalue weighted by Gasteiger charge is 2.23. The first kappa shape index (κ1) is 15.7. The summed E-state index contributed by atoms with van der Waals surface area (Å²) in [6.07, 6.45) is 6.59. The molecule has 1 aliphatic heterocycles. The summed E-state index contributed by atoms with van der Waals surface area (Å²) in [6.45, 7) is 8.70. The summed E-state index contributed by atoms with van der Waals surface area (Å²) in [4.78, 5) is 0. The third kappa shape index (κ3) is 3.41. The minimum absolute atomic E-state index is 0.618. The normalized spacial score (nSPS) is 21.0. The number of aryl methyl sites for hydroxylation is 1. The highest BCUT2D eigenvalue weighted by atomic mass is 16.5. The quantitative estimate of drug-likeness (QED) is 0.855. The van der Waals surface area contributed by atoms with Crippen molar-refractivity contribution in [2.24, 2.45) is 0 Å². The van der Waals surface area contributed by atoms with E-state index in [0.29, 0.717) is 5.92 Å². The molecular weight excluding hydrogens is 276 g/mol. The van der Waals surface area contributed by atoms with Gasteiger partial charge in [-0.1, -0.05) is 19.3 Å². The van der Waals surface area contributed by atoms with Crippen molar-refractivity contribution in [3.8, 4) is 0 Å². The Morgan fingerprint density at radius 3 is 2.55 bits per heavy atom. The lowest BCUT2D eigenvalue weighted by atomic mass is 9.86. The van der Waals surface area contributed by atoms with Crippen LogP contribution >= 0.6 is 0 Å². The molecule has 1 saturated heterocycles. The van der Waals surface area contributed by atoms with Crippen LogP contribution in [0.25, 0.3) is 0 Å². The number of ether oxygens (including phenoxy) is 1. The van der Waals surface area contributed by atoms with Crippen molar-refractivity contribution in [1.29, 1.82) is 0 Å². The Labute approximate surface area is 133 Å². The number of aromatic nitrogens is 2. The number of anilines is 1. The van der Waals surface area contributed by atoms with Crippen LogP contribution in [-0.4, -0.2) is 48.1 Å². The summed E-state index contributed by atoms with van der Waals surface area (Å²) in [5.41, 5.74) is 2.43. The van der Waals surface area contributed by atoms with Crippen LogP contribution in [0.15, 0.2) is 6.07 Å². The molecule has 2 aliphatic rings. The molecule has 0 N–H and O–H groups in total. The fraction of sp³-hybridized carbons (Fsp3) is 0.765. The van der Waals surface area contributed by atoms with Crippen LogP contribution in [0, 0.1) is 6.92 Å². The zero-order valence-electron chi connectivity index (χ0n) is 13.9. The van der Waals surface area contributed by atoms with Gasteiger partial charge in [0.15, 0.2) is 5.82 Å². The average molecular weight is 304 g/mol. The van der Waals surface area contributed by atoms with Gasteiger partial charge in [0.1, 0.15) is 0 Å². The Balaban J connectivity index is 1.77. The monoisotopic (exact) mass is 304 g/mol. The van der Waals surface area contributed by atoms with Crippen molar-refractivity contribution in [2.75, 3.05) is 37.9 Å². The van der Waals surface area contributed by atoms with E-state index in [1.807, 2.05) is 0 Å². The van der Waals surface area contributed by atoms with Crippen molar-refractivity contribution in [3.63, 3.8) is 0 Å². The minimum Gasteiger partial charge on any atom is -0.379 e. The molecule has 0 amide bonds. The second-order valence-electron chi connectivity index (χ2n) is 6.39. The van der Waals surface area contributed by atoms with E-state index in [0.717, 1.165) is 38.7 Å². The molecule has 3 rings (SSSR count). The lowest BCUT2D eigenvalue weighted by molar-refractivity contribution is 0.0317. The van der Waals surface area contributed by atoms with Gasteiger partial charge in [-0.15, -0.1) is 5.10 Å². The van der Waals surface area contributed by atoms with Crippen molar-refractivity contribution in [1.82, 2.24) is 15.2 Å². The lowest BCUT2D eigenvalue weighted by Gasteiger charge is -2.37. The van der Waals surface area contributed by atoms with Gasteiger partial charge >= 0.3 is 0 Å². The topological polar surface area (TPSA) is 41.5 Å². The minimum atomic E-state index is 0.618. The van der Waals surface area contributed by atoms with E-state index in [9.17, 15) is 0 Å². The maximum Gasteiger partial charge on any atom is 0.168 e. The Hall–Kier alpha value is -1.20. The summed E-state index contributed by atoms with van der Waals surface area (Å²) >= 11 is 0. The molecule has 122 valence electrons. The maximum absolute atomic E-state index is 5.45. The molecule has 2 fully saturated rings. The van der Waals surface area contributed by atoms with Crippen LogP contribution in [-0.2, 0) is 4.74 Å². The van der Waals surface area contributed by atoms with E-state index in [4.69, 9.17) is 4.74 Å². The van der Waals surface area contributed by atoms with Crippen LogP contribution < -0.4 is 5.01 Å². The second kappa shape index (κ2) is 7.38. The first-order valence-corrected chi connectivity index (χ1v) is 8.74. The molecule has 0 bridgehead atoms. The fourth-order valence-electron chi connectivity index (χ4n) is 3.63. The molecule has 5 heteroatoms. The maximum atomic E-state index is 5.45. The van der Waals surface area contributed by atoms with E-state index >= 15 is 0 Å². The number of hydrogen-bond donors (Lipinski definition) is 0. The summed E-state index contributed by atoms with van der Waals surface area (Å²) in [5.74, 6) is 1.62. The van der Waals surface area contributed by atoms with E-state index < -0.39 is 0 Å². The number of hydrazine groups is 1. The summed E-state index contributed by atoms with van der Waals surface area (Å²) in [7, 11) is 0. The molecule has 0 unspecified atom stereocenters. The molecule has 22 heavy (non-hydrogen) atoms. The van der Waals surface area contributed by atoms with E-state index in [-0.39, 0.29) is 0 Å². The van der Waals surface area contributed by atoms with Crippen molar-refractivity contribution in [3.05, 3.63) is 17.3 Å². The standard InChI is InChI=1S/C17H28N4O/c1-3-21(20-9-11-22-12-10-20)17-14(2)13-16(18-19-17)15-7-5-4-6-8-15/h13,15H,3-12H2,1-2H3. The van der Waals surface area contributed by atoms with Gasteiger partial charge in [-0.2, -0.15) is 5.10 Å². The van der Waals surface area contributed by atoms with Gasteiger partial charge in [0.25, 0.3) is 0 Å². The molecular formula is C17H28N4O. The highest BCUT2D eigenvalue weighted by molar-refractivity contribution is 5.45. The Morgan fingerprint density at radius 1 is 1.18 bits per heavy atom. The van der Waals surface area contributed by atoms with Crippen molar-refractivity contribution in [2.45, 2.75) is 51.9 Å². The fourth-order valence-corrected chi connectivity index (χ4v) is 3.63. The predicted octanol–water partition coefficient (Wildman–Crippen LogP) is 2.91. The summed E-state index contributed by atoms with van der Waals surface area (Å²) in [5, 5.41) is 13.8. The predicted molar refractivity (Wildman–Crippen MR) is 88.0 cm³/mol. The van der Waals surface area contributed by atoms with Crippen LogP contribution in [0.1, 0.15) is 56.2 Å². The van der Waals surface area contributed by atoms with Gasteiger partial charge in [-0.3, -0.25) is 5.01 Å². The number of hydrogen-bond acceptors (Lipinski definition) is 5. The molecule has 1 saturated carbocycles. The van der Waals surface area contributed by atoms with Crippen LogP contribution in [0.5, 0.6) is 0 Å². The summed E-state index contributed by atoms with van der Waals surface area (Å²) in [6, 6.07) is 2.27. The van der Waals surface area contributed by atoms with Gasteiger partial charge in [0.2, 0.25) is 0 Å². The number of rotatable bonds is 4. The average Bonchev–Trinajstić information content (AvgIpc) is 2.59. The van der Waals surface area contributed by atoms with Crippen LogP contribution in [0.3, 0.4) is 0 Å². The van der Waals surface area contributed by atoms with Gasteiger partial charge in [-0.25, -0.2) is 5.01 Å². The third-order valence-electron chi connectivity index (χ3n) is 4.87.